The van der Waals surface area contributed by atoms with Gasteiger partial charge in [0.2, 0.25) is 0 Å². The van der Waals surface area contributed by atoms with E-state index in [4.69, 9.17) is 0 Å². The standard InChI is InChI=1S/C16H14N8/c1-16(2,9-17)24-8-11(6-19-24)20-15-13-12(7-18-23-13)21-14(22-15)10-4-3-5-10/h3-8H,1-2H3,(H,18,23)(H,20,21,22). The second-order valence-electron chi connectivity index (χ2n) is 5.98. The molecule has 24 heavy (non-hydrogen) atoms. The Morgan fingerprint density at radius 3 is 2.83 bits per heavy atom. The van der Waals surface area contributed by atoms with E-state index in [2.05, 4.69) is 36.7 Å². The first-order chi connectivity index (χ1) is 11.6. The number of anilines is 2. The van der Waals surface area contributed by atoms with Crippen LogP contribution in [0, 0.1) is 11.3 Å². The largest absolute Gasteiger partial charge is 0.336 e. The lowest BCUT2D eigenvalue weighted by atomic mass is 10.1. The molecule has 4 rings (SSSR count). The van der Waals surface area contributed by atoms with Crippen molar-refractivity contribution in [2.24, 2.45) is 0 Å². The number of nitrogens with one attached hydrogen (secondary N) is 2. The van der Waals surface area contributed by atoms with Crippen LogP contribution in [0.15, 0.2) is 36.8 Å². The van der Waals surface area contributed by atoms with Gasteiger partial charge in [0, 0.05) is 5.57 Å². The summed E-state index contributed by atoms with van der Waals surface area (Å²) in [6.07, 6.45) is 11.0. The maximum absolute atomic E-state index is 9.21. The van der Waals surface area contributed by atoms with Gasteiger partial charge >= 0.3 is 0 Å². The van der Waals surface area contributed by atoms with Gasteiger partial charge in [-0.25, -0.2) is 9.97 Å². The van der Waals surface area contributed by atoms with Crippen molar-refractivity contribution in [2.45, 2.75) is 19.4 Å². The highest BCUT2D eigenvalue weighted by Gasteiger charge is 2.20. The van der Waals surface area contributed by atoms with Crippen LogP contribution in [0.2, 0.25) is 0 Å². The SMILES string of the molecule is CC(C)(C#N)n1cc(Nc2nc(C3=CC=C3)nc3cn[nH]c23)cn1. The predicted octanol–water partition coefficient (Wildman–Crippen LogP) is 2.50. The second kappa shape index (κ2) is 5.03. The van der Waals surface area contributed by atoms with E-state index in [0.29, 0.717) is 11.6 Å². The molecule has 0 atom stereocenters. The fourth-order valence-electron chi connectivity index (χ4n) is 2.28. The Bertz CT molecular complexity index is 1030. The highest BCUT2D eigenvalue weighted by atomic mass is 15.3. The molecule has 0 amide bonds. The van der Waals surface area contributed by atoms with Crippen molar-refractivity contribution in [1.29, 1.82) is 5.26 Å². The van der Waals surface area contributed by atoms with Crippen LogP contribution in [0.4, 0.5) is 11.5 Å². The fourth-order valence-corrected chi connectivity index (χ4v) is 2.28. The molecule has 1 aliphatic rings. The number of aromatic nitrogens is 6. The van der Waals surface area contributed by atoms with Crippen molar-refractivity contribution in [3.05, 3.63) is 42.6 Å². The van der Waals surface area contributed by atoms with Crippen LogP contribution in [0.3, 0.4) is 0 Å². The van der Waals surface area contributed by atoms with Gasteiger partial charge in [0.05, 0.1) is 30.3 Å². The molecular weight excluding hydrogens is 304 g/mol. The molecule has 0 aromatic carbocycles. The van der Waals surface area contributed by atoms with Crippen molar-refractivity contribution in [1.82, 2.24) is 29.9 Å². The monoisotopic (exact) mass is 318 g/mol. The maximum atomic E-state index is 9.21. The Morgan fingerprint density at radius 2 is 2.12 bits per heavy atom. The zero-order valence-corrected chi connectivity index (χ0v) is 13.1. The maximum Gasteiger partial charge on any atom is 0.162 e. The number of rotatable bonds is 4. The van der Waals surface area contributed by atoms with E-state index in [-0.39, 0.29) is 0 Å². The Morgan fingerprint density at radius 1 is 1.29 bits per heavy atom. The topological polar surface area (TPSA) is 108 Å². The van der Waals surface area contributed by atoms with Gasteiger partial charge in [0.25, 0.3) is 0 Å². The molecule has 3 aromatic heterocycles. The van der Waals surface area contributed by atoms with E-state index in [1.807, 2.05) is 18.2 Å². The summed E-state index contributed by atoms with van der Waals surface area (Å²) >= 11 is 0. The van der Waals surface area contributed by atoms with Gasteiger partial charge in [-0.2, -0.15) is 15.5 Å². The summed E-state index contributed by atoms with van der Waals surface area (Å²) in [6, 6.07) is 2.22. The van der Waals surface area contributed by atoms with E-state index in [1.54, 1.807) is 37.1 Å². The smallest absolute Gasteiger partial charge is 0.162 e. The first kappa shape index (κ1) is 14.1. The molecule has 0 saturated heterocycles. The molecule has 3 aromatic rings. The number of nitrogens with zero attached hydrogens (tertiary/aromatic N) is 6. The van der Waals surface area contributed by atoms with E-state index in [1.165, 1.54) is 0 Å². The second-order valence-corrected chi connectivity index (χ2v) is 5.98. The number of H-pyrrole nitrogens is 1. The number of allylic oxidation sites excluding steroid dienone is 4. The molecule has 0 unspecified atom stereocenters. The summed E-state index contributed by atoms with van der Waals surface area (Å²) < 4.78 is 1.61. The molecular formula is C16H14N8. The minimum absolute atomic E-state index is 0.614. The molecule has 118 valence electrons. The molecule has 1 aliphatic carbocycles. The van der Waals surface area contributed by atoms with Gasteiger partial charge in [-0.15, -0.1) is 0 Å². The quantitative estimate of drug-likeness (QED) is 0.765. The number of nitriles is 1. The van der Waals surface area contributed by atoms with Crippen LogP contribution in [0.5, 0.6) is 0 Å². The number of hydrogen-bond donors (Lipinski definition) is 2. The first-order valence-electron chi connectivity index (χ1n) is 7.40. The number of fused-ring (bicyclic) bond motifs is 1. The minimum Gasteiger partial charge on any atom is -0.336 e. The molecule has 0 fully saturated rings. The summed E-state index contributed by atoms with van der Waals surface area (Å²) in [4.78, 5) is 9.06. The van der Waals surface area contributed by atoms with Crippen LogP contribution in [0.25, 0.3) is 16.6 Å². The molecule has 0 radical (unpaired) electrons. The van der Waals surface area contributed by atoms with Gasteiger partial charge in [-0.1, -0.05) is 18.2 Å². The summed E-state index contributed by atoms with van der Waals surface area (Å²) in [7, 11) is 0. The van der Waals surface area contributed by atoms with Crippen LogP contribution in [-0.2, 0) is 5.54 Å². The lowest BCUT2D eigenvalue weighted by Gasteiger charge is -2.15. The van der Waals surface area contributed by atoms with Crippen molar-refractivity contribution in [3.8, 4) is 6.07 Å². The third kappa shape index (κ3) is 2.23. The van der Waals surface area contributed by atoms with Gasteiger partial charge in [0.1, 0.15) is 16.6 Å². The lowest BCUT2D eigenvalue weighted by molar-refractivity contribution is 0.419. The molecule has 0 aliphatic heterocycles. The van der Waals surface area contributed by atoms with Gasteiger partial charge < -0.3 is 5.32 Å². The number of hydrogen-bond acceptors (Lipinski definition) is 6. The van der Waals surface area contributed by atoms with Crippen LogP contribution < -0.4 is 5.32 Å². The van der Waals surface area contributed by atoms with Gasteiger partial charge in [-0.05, 0) is 13.8 Å². The average Bonchev–Trinajstić information content (AvgIpc) is 3.14. The van der Waals surface area contributed by atoms with Crippen molar-refractivity contribution < 1.29 is 0 Å². The van der Waals surface area contributed by atoms with E-state index >= 15 is 0 Å². The Balaban J connectivity index is 1.72. The molecule has 0 saturated carbocycles. The number of aromatic amines is 1. The summed E-state index contributed by atoms with van der Waals surface area (Å²) in [6.45, 7) is 3.60. The fraction of sp³-hybridized carbons (Fsp3) is 0.188. The lowest BCUT2D eigenvalue weighted by Crippen LogP contribution is -2.24. The third-order valence-electron chi connectivity index (χ3n) is 3.80. The molecule has 8 heteroatoms. The predicted molar refractivity (Wildman–Crippen MR) is 89.2 cm³/mol. The van der Waals surface area contributed by atoms with Crippen molar-refractivity contribution in [2.75, 3.05) is 5.32 Å². The van der Waals surface area contributed by atoms with Crippen molar-refractivity contribution >= 4 is 28.1 Å². The average molecular weight is 318 g/mol. The van der Waals surface area contributed by atoms with Crippen LogP contribution in [-0.4, -0.2) is 29.9 Å². The molecule has 8 nitrogen and oxygen atoms in total. The summed E-state index contributed by atoms with van der Waals surface area (Å²) in [5, 5.41) is 23.6. The van der Waals surface area contributed by atoms with E-state index < -0.39 is 5.54 Å². The summed E-state index contributed by atoms with van der Waals surface area (Å²) in [5.74, 6) is 1.25. The molecule has 0 bridgehead atoms. The van der Waals surface area contributed by atoms with Gasteiger partial charge in [-0.3, -0.25) is 9.78 Å². The van der Waals surface area contributed by atoms with Crippen LogP contribution in [0.1, 0.15) is 19.7 Å². The van der Waals surface area contributed by atoms with Crippen LogP contribution >= 0.6 is 0 Å². The highest BCUT2D eigenvalue weighted by molar-refractivity contribution is 5.89. The van der Waals surface area contributed by atoms with Gasteiger partial charge in [0.15, 0.2) is 11.6 Å². The zero-order chi connectivity index (χ0) is 16.7. The molecule has 3 heterocycles. The zero-order valence-electron chi connectivity index (χ0n) is 13.1. The van der Waals surface area contributed by atoms with E-state index in [0.717, 1.165) is 22.3 Å². The minimum atomic E-state index is -0.721. The Hall–Kier alpha value is -3.47. The summed E-state index contributed by atoms with van der Waals surface area (Å²) in [5.41, 5.74) is 2.43. The van der Waals surface area contributed by atoms with E-state index in [9.17, 15) is 5.26 Å². The first-order valence-corrected chi connectivity index (χ1v) is 7.40. The Kier molecular flexibility index (Phi) is 2.96. The molecule has 2 N–H and O–H groups in total. The highest BCUT2D eigenvalue weighted by Crippen LogP contribution is 2.27. The normalized spacial score (nSPS) is 13.5. The Labute approximate surface area is 137 Å². The molecule has 0 spiro atoms. The van der Waals surface area contributed by atoms with Crippen molar-refractivity contribution in [3.63, 3.8) is 0 Å². The third-order valence-corrected chi connectivity index (χ3v) is 3.80.